The third-order valence-corrected chi connectivity index (χ3v) is 12.7. The van der Waals surface area contributed by atoms with Crippen LogP contribution in [0.15, 0.2) is 48.8 Å². The average molecular weight is 871 g/mol. The molecule has 0 bridgehead atoms. The summed E-state index contributed by atoms with van der Waals surface area (Å²) in [7, 11) is -0.469. The third-order valence-electron chi connectivity index (χ3n) is 11.9. The van der Waals surface area contributed by atoms with Crippen molar-refractivity contribution in [2.45, 2.75) is 111 Å². The molecule has 2 amide bonds. The van der Waals surface area contributed by atoms with Gasteiger partial charge in [-0.1, -0.05) is 60.8 Å². The summed E-state index contributed by atoms with van der Waals surface area (Å²) in [5, 5.41) is 17.3. The van der Waals surface area contributed by atoms with Gasteiger partial charge >= 0.3 is 7.05 Å². The zero-order valence-electron chi connectivity index (χ0n) is 35.8. The first-order valence-corrected chi connectivity index (χ1v) is 22.5. The summed E-state index contributed by atoms with van der Waals surface area (Å²) in [5.41, 5.74) is 2.29. The summed E-state index contributed by atoms with van der Waals surface area (Å²) >= 11 is 19.1. The average Bonchev–Trinajstić information content (AvgIpc) is 3.22. The van der Waals surface area contributed by atoms with Crippen LogP contribution in [0.1, 0.15) is 93.5 Å². The van der Waals surface area contributed by atoms with Crippen molar-refractivity contribution in [2.24, 2.45) is 0 Å². The first-order valence-electron chi connectivity index (χ1n) is 21.3. The van der Waals surface area contributed by atoms with Gasteiger partial charge in [-0.3, -0.25) is 19.4 Å². The van der Waals surface area contributed by atoms with E-state index in [0.717, 1.165) is 69.5 Å². The maximum Gasteiger partial charge on any atom is 0.376 e. The predicted octanol–water partition coefficient (Wildman–Crippen LogP) is 6.98. The first kappa shape index (κ1) is 46.9. The summed E-state index contributed by atoms with van der Waals surface area (Å²) in [6.07, 6.45) is 7.61. The lowest BCUT2D eigenvalue weighted by Gasteiger charge is -2.50. The van der Waals surface area contributed by atoms with E-state index in [1.807, 2.05) is 26.0 Å². The largest absolute Gasteiger partial charge is 0.437 e. The second kappa shape index (κ2) is 22.1. The normalized spacial score (nSPS) is 22.1. The van der Waals surface area contributed by atoms with E-state index in [2.05, 4.69) is 84.8 Å². The second-order valence-electron chi connectivity index (χ2n) is 16.1. The van der Waals surface area contributed by atoms with Crippen molar-refractivity contribution >= 4 is 65.3 Å². The molecule has 12 nitrogen and oxygen atoms in total. The van der Waals surface area contributed by atoms with Gasteiger partial charge in [0.05, 0.1) is 21.2 Å². The van der Waals surface area contributed by atoms with Gasteiger partial charge in [-0.25, -0.2) is 9.97 Å². The first-order chi connectivity index (χ1) is 28.3. The maximum atomic E-state index is 12.2. The fourth-order valence-corrected chi connectivity index (χ4v) is 9.34. The number of carbonyl (C=O) groups excluding carboxylic acids is 2. The standard InChI is InChI=1S/C27H37Cl2N5O.C16H26BClN4O2/c1-4-23-18-33(26-25(29)14-21(15-31-26)27(35)30-5-2)19(3)16-34(23)24-10-12-32(13-11-24)17-20-6-8-22(28)9-7-20;1-5-13-10-21(11(3)9-22(13)17(4)24)15-14(18)7-12(8-20-15)16(23)19-6-2/h6-9,14-15,19,23-24H,4-5,10-13,16-18H2,1-3H3,(H,30,35);7-8,11,13,24H,5-6,9-10H2,1-4H3,(H,19,23)/t19-,23+;11-,13+/m11/s1. The Kier molecular flexibility index (Phi) is 17.6. The number of amides is 2. The number of piperidine rings is 1. The van der Waals surface area contributed by atoms with Crippen LogP contribution >= 0.6 is 34.8 Å². The number of likely N-dealkylation sites (tertiary alicyclic amines) is 1. The minimum atomic E-state index is -0.469. The minimum Gasteiger partial charge on any atom is -0.437 e. The van der Waals surface area contributed by atoms with Crippen LogP contribution in [0, 0.1) is 0 Å². The number of carbonyl (C=O) groups is 2. The fraction of sp³-hybridized carbons (Fsp3) is 0.581. The molecule has 4 atom stereocenters. The highest BCUT2D eigenvalue weighted by atomic mass is 35.5. The minimum absolute atomic E-state index is 0.139. The number of hydrogen-bond donors (Lipinski definition) is 3. The monoisotopic (exact) mass is 869 g/mol. The molecule has 2 aromatic heterocycles. The number of halogens is 3. The molecule has 3 aromatic rings. The molecule has 6 rings (SSSR count). The molecule has 322 valence electrons. The quantitative estimate of drug-likeness (QED) is 0.165. The van der Waals surface area contributed by atoms with Gasteiger partial charge in [0.25, 0.3) is 11.8 Å². The molecule has 16 heteroatoms. The highest BCUT2D eigenvalue weighted by Crippen LogP contribution is 2.33. The van der Waals surface area contributed by atoms with Crippen LogP contribution in [0.4, 0.5) is 11.6 Å². The molecular formula is C43H63BCl3N9O3. The summed E-state index contributed by atoms with van der Waals surface area (Å²) in [4.78, 5) is 45.0. The van der Waals surface area contributed by atoms with E-state index < -0.39 is 7.05 Å². The van der Waals surface area contributed by atoms with Gasteiger partial charge in [0.2, 0.25) is 0 Å². The van der Waals surface area contributed by atoms with E-state index in [1.54, 1.807) is 31.3 Å². The molecule has 0 unspecified atom stereocenters. The van der Waals surface area contributed by atoms with Crippen LogP contribution in [-0.4, -0.2) is 131 Å². The topological polar surface area (TPSA) is 120 Å². The zero-order valence-corrected chi connectivity index (χ0v) is 38.1. The van der Waals surface area contributed by atoms with Crippen molar-refractivity contribution < 1.29 is 14.6 Å². The second-order valence-corrected chi connectivity index (χ2v) is 17.3. The van der Waals surface area contributed by atoms with Crippen molar-refractivity contribution in [3.05, 3.63) is 80.6 Å². The Bertz CT molecular complexity index is 1840. The summed E-state index contributed by atoms with van der Waals surface area (Å²) in [6, 6.07) is 13.4. The molecule has 1 aromatic carbocycles. The van der Waals surface area contributed by atoms with Crippen molar-refractivity contribution in [2.75, 3.05) is 62.2 Å². The number of nitrogens with one attached hydrogen (secondary N) is 2. The van der Waals surface area contributed by atoms with Gasteiger partial charge in [0.15, 0.2) is 0 Å². The lowest BCUT2D eigenvalue weighted by Crippen LogP contribution is -2.61. The highest BCUT2D eigenvalue weighted by molar-refractivity contribution is 6.45. The van der Waals surface area contributed by atoms with Gasteiger partial charge in [-0.2, -0.15) is 0 Å². The number of piperazine rings is 2. The number of anilines is 2. The van der Waals surface area contributed by atoms with Crippen molar-refractivity contribution in [1.82, 2.24) is 35.2 Å². The smallest absolute Gasteiger partial charge is 0.376 e. The fourth-order valence-electron chi connectivity index (χ4n) is 8.67. The molecule has 3 aliphatic heterocycles. The highest BCUT2D eigenvalue weighted by Gasteiger charge is 2.38. The Balaban J connectivity index is 0.000000241. The molecule has 3 aliphatic rings. The molecule has 0 radical (unpaired) electrons. The SMILES string of the molecule is CCNC(=O)c1cnc(N2C[C@H](CC)N(B(C)O)C[C@H]2C)c(Cl)c1.CCNC(=O)c1cnc(N2C[C@H](CC)N(C3CCN(Cc4ccc(Cl)cc4)CC3)C[C@H]2C)c(Cl)c1. The zero-order chi connectivity index (χ0) is 42.8. The molecule has 0 saturated carbocycles. The molecule has 5 heterocycles. The Morgan fingerprint density at radius 1 is 0.763 bits per heavy atom. The van der Waals surface area contributed by atoms with Gasteiger partial charge in [0, 0.05) is 93.4 Å². The van der Waals surface area contributed by atoms with Crippen molar-refractivity contribution in [1.29, 1.82) is 0 Å². The summed E-state index contributed by atoms with van der Waals surface area (Å²) in [5.74, 6) is 1.17. The molecule has 0 aliphatic carbocycles. The molecular weight excluding hydrogens is 808 g/mol. The number of nitrogens with zero attached hydrogens (tertiary/aromatic N) is 7. The molecule has 3 N–H and O–H groups in total. The van der Waals surface area contributed by atoms with E-state index in [9.17, 15) is 14.6 Å². The van der Waals surface area contributed by atoms with E-state index >= 15 is 0 Å². The number of aromatic nitrogens is 2. The number of hydrogen-bond acceptors (Lipinski definition) is 10. The summed E-state index contributed by atoms with van der Waals surface area (Å²) in [6.45, 7) is 22.1. The van der Waals surface area contributed by atoms with Crippen LogP contribution in [0.3, 0.4) is 0 Å². The van der Waals surface area contributed by atoms with Gasteiger partial charge < -0.3 is 30.3 Å². The van der Waals surface area contributed by atoms with Gasteiger partial charge in [-0.05, 0) is 103 Å². The number of rotatable bonds is 12. The van der Waals surface area contributed by atoms with E-state index in [-0.39, 0.29) is 23.9 Å². The molecule has 59 heavy (non-hydrogen) atoms. The van der Waals surface area contributed by atoms with Crippen LogP contribution in [-0.2, 0) is 6.54 Å². The van der Waals surface area contributed by atoms with E-state index in [1.165, 1.54) is 18.4 Å². The van der Waals surface area contributed by atoms with Crippen LogP contribution < -0.4 is 20.4 Å². The molecule has 3 fully saturated rings. The lowest BCUT2D eigenvalue weighted by atomic mass is 9.80. The molecule has 0 spiro atoms. The van der Waals surface area contributed by atoms with Crippen LogP contribution in [0.5, 0.6) is 0 Å². The van der Waals surface area contributed by atoms with E-state index in [4.69, 9.17) is 34.8 Å². The Labute approximate surface area is 367 Å². The van der Waals surface area contributed by atoms with Crippen LogP contribution in [0.25, 0.3) is 0 Å². The van der Waals surface area contributed by atoms with Crippen molar-refractivity contribution in [3.8, 4) is 0 Å². The number of pyridine rings is 2. The van der Waals surface area contributed by atoms with E-state index in [0.29, 0.717) is 58.2 Å². The number of benzene rings is 1. The van der Waals surface area contributed by atoms with Gasteiger partial charge in [0.1, 0.15) is 11.6 Å². The Morgan fingerprint density at radius 2 is 1.25 bits per heavy atom. The molecule has 3 saturated heterocycles. The van der Waals surface area contributed by atoms with Gasteiger partial charge in [-0.15, -0.1) is 0 Å². The summed E-state index contributed by atoms with van der Waals surface area (Å²) < 4.78 is 0. The lowest BCUT2D eigenvalue weighted by molar-refractivity contribution is 0.0506. The van der Waals surface area contributed by atoms with Crippen LogP contribution in [0.2, 0.25) is 21.9 Å². The Morgan fingerprint density at radius 3 is 1.71 bits per heavy atom. The maximum absolute atomic E-state index is 12.2. The third kappa shape index (κ3) is 12.0. The Hall–Kier alpha value is -3.17. The predicted molar refractivity (Wildman–Crippen MR) is 243 cm³/mol. The van der Waals surface area contributed by atoms with Crippen molar-refractivity contribution in [3.63, 3.8) is 0 Å².